The van der Waals surface area contributed by atoms with E-state index in [2.05, 4.69) is 172 Å². The van der Waals surface area contributed by atoms with Crippen LogP contribution in [0.4, 0.5) is 17.6 Å². The fraction of sp³-hybridized carbons (Fsp3) is 0.625. The smallest absolute Gasteiger partial charge is 0.207 e. The maximum atomic E-state index is 12.4. The molecular formula is C80H127Cl3F4S. The molecule has 5 aromatic carbocycles. The van der Waals surface area contributed by atoms with E-state index >= 15 is 0 Å². The summed E-state index contributed by atoms with van der Waals surface area (Å²) in [6.45, 7) is 39.1. The van der Waals surface area contributed by atoms with Gasteiger partial charge in [-0.2, -0.15) is 24.9 Å². The Balaban J connectivity index is 0. The number of thioether (sulfide) groups is 1. The summed E-state index contributed by atoms with van der Waals surface area (Å²) in [4.78, 5) is 0. The number of rotatable bonds is 17. The molecular weight excluding hydrogens is 1180 g/mol. The molecule has 2 aliphatic rings. The first kappa shape index (κ1) is 87.1. The molecule has 2 saturated carbocycles. The molecule has 0 spiro atoms. The monoisotopic (exact) mass is 1300 g/mol. The van der Waals surface area contributed by atoms with E-state index in [9.17, 15) is 17.6 Å². The normalized spacial score (nSPS) is 13.3. The fourth-order valence-electron chi connectivity index (χ4n) is 10.2. The van der Waals surface area contributed by atoms with Gasteiger partial charge in [-0.1, -0.05) is 309 Å². The largest absolute Gasteiger partial charge is 0.389 e. The van der Waals surface area contributed by atoms with Gasteiger partial charge in [-0.25, -0.2) is 4.39 Å². The van der Waals surface area contributed by atoms with E-state index in [1.165, 1.54) is 129 Å². The van der Waals surface area contributed by atoms with Crippen LogP contribution in [-0.2, 0) is 32.1 Å². The average Bonchev–Trinajstić information content (AvgIpc) is 3.58. The Hall–Kier alpha value is -2.96. The number of alkyl halides is 3. The summed E-state index contributed by atoms with van der Waals surface area (Å²) in [5, 5.41) is 2.54. The van der Waals surface area contributed by atoms with E-state index in [0.717, 1.165) is 82.2 Å². The van der Waals surface area contributed by atoms with Gasteiger partial charge in [-0.05, 0) is 192 Å². The molecule has 502 valence electrons. The Bertz CT molecular complexity index is 2260. The summed E-state index contributed by atoms with van der Waals surface area (Å²) in [5.74, 6) is 9.25. The second-order valence-corrected chi connectivity index (χ2v) is 30.4. The standard InChI is InChI=1S/3C10H13Cl.C10H13F.C10H20.C10H14.C9H18.C6H14S.C5H9F3/c1-8(2)7-9-3-5-10(11)6-4-9;1-8(2)6-9-4-3-5-10(11)7-9;1-8(2)7-9-5-3-4-6-10(9)11;1-8(2)7-9-3-5-10(11)6-4-9;2*1-9(2)8-10-6-4-3-5-7-10;1-8(2)9-6-4-3-5-7-9;1-6(2)4-5-7-3;1-4(2)3-5(6,7)8/h3-6,8H,7H2,1-2H3;3-5,7-8H,6H2,1-2H3;2*3-6,8H,7H2,1-2H3;9-10H,3-8H2,1-2H3;3-7,9H,8H2,1-2H3;8-9H,3-7H2,1-2H3;6H,4-5H2,1-3H3;4H,3H2,1-2H3. The molecule has 0 bridgehead atoms. The molecule has 0 amide bonds. The van der Waals surface area contributed by atoms with Crippen molar-refractivity contribution in [1.29, 1.82) is 0 Å². The van der Waals surface area contributed by atoms with Gasteiger partial charge in [-0.15, -0.1) is 0 Å². The lowest BCUT2D eigenvalue weighted by atomic mass is 9.82. The minimum Gasteiger partial charge on any atom is -0.207 e. The molecule has 0 atom stereocenters. The Kier molecular flexibility index (Phi) is 53.0. The highest BCUT2D eigenvalue weighted by atomic mass is 35.5. The van der Waals surface area contributed by atoms with Gasteiger partial charge in [-0.3, -0.25) is 0 Å². The second kappa shape index (κ2) is 53.5. The third-order valence-corrected chi connectivity index (χ3v) is 15.9. The van der Waals surface area contributed by atoms with Crippen LogP contribution < -0.4 is 0 Å². The van der Waals surface area contributed by atoms with Crippen molar-refractivity contribution in [2.45, 2.75) is 246 Å². The first-order valence-corrected chi connectivity index (χ1v) is 36.4. The van der Waals surface area contributed by atoms with E-state index in [1.54, 1.807) is 13.8 Å². The zero-order valence-corrected chi connectivity index (χ0v) is 62.0. The Morgan fingerprint density at radius 2 is 0.841 bits per heavy atom. The average molecular weight is 1300 g/mol. The summed E-state index contributed by atoms with van der Waals surface area (Å²) in [6, 6.07) is 41.5. The van der Waals surface area contributed by atoms with Gasteiger partial charge in [0.25, 0.3) is 0 Å². The van der Waals surface area contributed by atoms with Crippen molar-refractivity contribution in [3.63, 3.8) is 0 Å². The van der Waals surface area contributed by atoms with E-state index in [4.69, 9.17) is 34.8 Å². The van der Waals surface area contributed by atoms with Crippen LogP contribution in [0.1, 0.15) is 236 Å². The molecule has 88 heavy (non-hydrogen) atoms. The van der Waals surface area contributed by atoms with Crippen LogP contribution in [0.15, 0.2) is 127 Å². The maximum absolute atomic E-state index is 12.4. The summed E-state index contributed by atoms with van der Waals surface area (Å²) in [7, 11) is 0. The van der Waals surface area contributed by atoms with Crippen LogP contribution in [-0.4, -0.2) is 18.2 Å². The zero-order valence-electron chi connectivity index (χ0n) is 59.0. The van der Waals surface area contributed by atoms with Crippen LogP contribution in [0, 0.1) is 70.9 Å². The Morgan fingerprint density at radius 3 is 1.20 bits per heavy atom. The minimum absolute atomic E-state index is 0.155. The third kappa shape index (κ3) is 57.0. The molecule has 0 unspecified atom stereocenters. The molecule has 0 N–H and O–H groups in total. The summed E-state index contributed by atoms with van der Waals surface area (Å²) >= 11 is 19.5. The van der Waals surface area contributed by atoms with E-state index < -0.39 is 12.6 Å². The highest BCUT2D eigenvalue weighted by molar-refractivity contribution is 7.98. The first-order chi connectivity index (χ1) is 41.3. The molecule has 5 aromatic rings. The van der Waals surface area contributed by atoms with Crippen LogP contribution in [0.3, 0.4) is 0 Å². The molecule has 0 radical (unpaired) electrons. The molecule has 0 aromatic heterocycles. The van der Waals surface area contributed by atoms with E-state index in [1.807, 2.05) is 72.4 Å². The molecule has 0 nitrogen and oxygen atoms in total. The lowest BCUT2D eigenvalue weighted by molar-refractivity contribution is -0.141. The van der Waals surface area contributed by atoms with Gasteiger partial charge in [0.2, 0.25) is 0 Å². The predicted octanol–water partition coefficient (Wildman–Crippen LogP) is 28.4. The molecule has 0 aliphatic heterocycles. The molecule has 2 aliphatic carbocycles. The van der Waals surface area contributed by atoms with Gasteiger partial charge < -0.3 is 0 Å². The van der Waals surface area contributed by atoms with Crippen LogP contribution in [0.25, 0.3) is 0 Å². The maximum Gasteiger partial charge on any atom is 0.389 e. The van der Waals surface area contributed by atoms with Crippen molar-refractivity contribution in [2.75, 3.05) is 12.0 Å². The zero-order chi connectivity index (χ0) is 67.0. The highest BCUT2D eigenvalue weighted by Gasteiger charge is 2.28. The van der Waals surface area contributed by atoms with E-state index in [0.29, 0.717) is 17.8 Å². The molecule has 0 saturated heterocycles. The Morgan fingerprint density at radius 1 is 0.420 bits per heavy atom. The van der Waals surface area contributed by atoms with Gasteiger partial charge in [0.1, 0.15) is 5.82 Å². The number of benzene rings is 5. The molecule has 2 fully saturated rings. The molecule has 0 heterocycles. The quantitative estimate of drug-likeness (QED) is 0.0836. The van der Waals surface area contributed by atoms with Gasteiger partial charge >= 0.3 is 6.18 Å². The number of hydrogen-bond donors (Lipinski definition) is 0. The summed E-state index contributed by atoms with van der Waals surface area (Å²) < 4.78 is 46.3. The number of hydrogen-bond acceptors (Lipinski definition) is 1. The van der Waals surface area contributed by atoms with Crippen LogP contribution >= 0.6 is 46.6 Å². The first-order valence-electron chi connectivity index (χ1n) is 33.9. The van der Waals surface area contributed by atoms with Gasteiger partial charge in [0.05, 0.1) is 0 Å². The minimum atomic E-state index is -3.98. The van der Waals surface area contributed by atoms with Crippen LogP contribution in [0.5, 0.6) is 0 Å². The van der Waals surface area contributed by atoms with Crippen molar-refractivity contribution in [3.05, 3.63) is 176 Å². The summed E-state index contributed by atoms with van der Waals surface area (Å²) in [5.41, 5.74) is 6.60. The third-order valence-electron chi connectivity index (χ3n) is 14.4. The number of halogens is 7. The topological polar surface area (TPSA) is 0 Å². The van der Waals surface area contributed by atoms with Crippen molar-refractivity contribution < 1.29 is 17.6 Å². The van der Waals surface area contributed by atoms with Crippen molar-refractivity contribution in [1.82, 2.24) is 0 Å². The Labute approximate surface area is 560 Å². The van der Waals surface area contributed by atoms with Crippen molar-refractivity contribution in [3.8, 4) is 0 Å². The summed E-state index contributed by atoms with van der Waals surface area (Å²) in [6.07, 6.45) is 20.9. The predicted molar refractivity (Wildman–Crippen MR) is 391 cm³/mol. The van der Waals surface area contributed by atoms with Gasteiger partial charge in [0, 0.05) is 21.5 Å². The van der Waals surface area contributed by atoms with Crippen molar-refractivity contribution >= 4 is 46.6 Å². The fourth-order valence-corrected chi connectivity index (χ4v) is 11.5. The van der Waals surface area contributed by atoms with Crippen molar-refractivity contribution in [2.24, 2.45) is 65.1 Å². The van der Waals surface area contributed by atoms with Crippen LogP contribution in [0.2, 0.25) is 15.1 Å². The SMILES string of the molecule is CC(C)C1CCCCC1.CC(C)CC(F)(F)F.CC(C)CC1CCCCC1.CC(C)Cc1ccc(Cl)cc1.CC(C)Cc1ccc(F)cc1.CC(C)Cc1cccc(Cl)c1.CC(C)Cc1ccccc1.CC(C)Cc1ccccc1Cl.CSCCC(C)C. The second-order valence-electron chi connectivity index (χ2n) is 28.1. The lowest BCUT2D eigenvalue weighted by Gasteiger charge is -2.24. The lowest BCUT2D eigenvalue weighted by Crippen LogP contribution is -2.12. The molecule has 7 rings (SSSR count). The highest BCUT2D eigenvalue weighted by Crippen LogP contribution is 2.30. The van der Waals surface area contributed by atoms with E-state index in [-0.39, 0.29) is 11.7 Å². The van der Waals surface area contributed by atoms with Gasteiger partial charge in [0.15, 0.2) is 0 Å². The molecule has 8 heteroatoms.